The molecule has 0 spiro atoms. The van der Waals surface area contributed by atoms with Gasteiger partial charge in [-0.15, -0.1) is 0 Å². The summed E-state index contributed by atoms with van der Waals surface area (Å²) in [5.74, 6) is 0.674. The molecule has 0 bridgehead atoms. The van der Waals surface area contributed by atoms with Gasteiger partial charge < -0.3 is 7.43 Å². The van der Waals surface area contributed by atoms with Gasteiger partial charge in [0.2, 0.25) is 0 Å². The second-order valence-electron chi connectivity index (χ2n) is 8.73. The summed E-state index contributed by atoms with van der Waals surface area (Å²) in [6.07, 6.45) is 6.36. The maximum absolute atomic E-state index is 4.78. The number of nitrogens with zero attached hydrogens (tertiary/aromatic N) is 1. The van der Waals surface area contributed by atoms with Gasteiger partial charge in [-0.05, 0) is 72.9 Å². The molecule has 1 aliphatic rings. The second-order valence-corrected chi connectivity index (χ2v) is 13.3. The smallest absolute Gasteiger partial charge is 0.0762 e. The third-order valence-corrected chi connectivity index (χ3v) is 9.42. The quantitative estimate of drug-likeness (QED) is 0.232. The molecule has 1 fully saturated rings. The van der Waals surface area contributed by atoms with E-state index < -0.39 is 7.92 Å². The number of para-hydroxylation sites is 1. The van der Waals surface area contributed by atoms with Gasteiger partial charge in [-0.1, -0.05) is 18.2 Å². The van der Waals surface area contributed by atoms with Crippen molar-refractivity contribution in [2.75, 3.05) is 0 Å². The van der Waals surface area contributed by atoms with Crippen LogP contribution in [0, 0.1) is 13.3 Å². The predicted octanol–water partition coefficient (Wildman–Crippen LogP) is 6.82. The molecule has 24 heavy (non-hydrogen) atoms. The van der Waals surface area contributed by atoms with Crippen molar-refractivity contribution in [1.82, 2.24) is 0 Å². The Morgan fingerprint density at radius 3 is 2.00 bits per heavy atom. The zero-order valence-electron chi connectivity index (χ0n) is 16.5. The van der Waals surface area contributed by atoms with E-state index >= 15 is 0 Å². The van der Waals surface area contributed by atoms with Crippen LogP contribution in [0.25, 0.3) is 0 Å². The van der Waals surface area contributed by atoms with Crippen LogP contribution in [0.2, 0.25) is 0 Å². The first-order chi connectivity index (χ1) is 10.2. The normalized spacial score (nSPS) is 21.6. The van der Waals surface area contributed by atoms with Crippen molar-refractivity contribution < 1.29 is 16.5 Å². The molecule has 2 rings (SSSR count). The Kier molecular flexibility index (Phi) is 9.42. The molecule has 2 atom stereocenters. The Morgan fingerprint density at radius 2 is 1.50 bits per heavy atom. The van der Waals surface area contributed by atoms with Gasteiger partial charge in [-0.3, -0.25) is 4.99 Å². The summed E-state index contributed by atoms with van der Waals surface area (Å²) in [6.45, 7) is 14.7. The van der Waals surface area contributed by atoms with Crippen LogP contribution in [0.3, 0.4) is 0 Å². The molecule has 0 aliphatic heterocycles. The summed E-state index contributed by atoms with van der Waals surface area (Å²) in [4.78, 5) is 4.78. The van der Waals surface area contributed by atoms with Crippen molar-refractivity contribution in [2.24, 2.45) is 10.9 Å². The Hall–Kier alpha value is -0.186. The van der Waals surface area contributed by atoms with Crippen molar-refractivity contribution in [3.63, 3.8) is 0 Å². The van der Waals surface area contributed by atoms with Crippen LogP contribution >= 0.6 is 7.92 Å². The maximum atomic E-state index is 4.78. The van der Waals surface area contributed by atoms with Crippen molar-refractivity contribution in [3.05, 3.63) is 37.8 Å². The zero-order chi connectivity index (χ0) is 16.4. The molecule has 1 aromatic carbocycles. The first kappa shape index (κ1) is 23.8. The minimum atomic E-state index is -0.496. The van der Waals surface area contributed by atoms with Gasteiger partial charge >= 0.3 is 0 Å². The van der Waals surface area contributed by atoms with Gasteiger partial charge in [-0.2, -0.15) is 0 Å². The number of rotatable bonds is 3. The summed E-state index contributed by atoms with van der Waals surface area (Å²) in [5.41, 5.74) is 1.95. The average molecular weight is 392 g/mol. The third-order valence-electron chi connectivity index (χ3n) is 4.73. The predicted molar refractivity (Wildman–Crippen MR) is 110 cm³/mol. The monoisotopic (exact) mass is 391 g/mol. The Balaban J connectivity index is 0.00000264. The van der Waals surface area contributed by atoms with E-state index in [1.54, 1.807) is 0 Å². The standard InChI is InChI=1S/C20H32NP.CH3.Ni/c1-19(2,3)22(20(4,5)6)18-14-10-11-16(18)15-21-17-12-8-7-9-13-17;;/h7-9,12-13,15-16,18H,10-11,14H2,1-6H3;1H3;/q;-1;/p+1. The summed E-state index contributed by atoms with van der Waals surface area (Å²) < 4.78 is 0. The molecule has 0 heterocycles. The largest absolute Gasteiger partial charge is 0.358 e. The van der Waals surface area contributed by atoms with Gasteiger partial charge in [0.1, 0.15) is 0 Å². The number of hydrogen-bond acceptors (Lipinski definition) is 1. The molecular weight excluding hydrogens is 356 g/mol. The third kappa shape index (κ3) is 6.27. The maximum Gasteiger partial charge on any atom is 0.0762 e. The van der Waals surface area contributed by atoms with E-state index in [1.165, 1.54) is 19.3 Å². The van der Waals surface area contributed by atoms with E-state index in [2.05, 4.69) is 78.1 Å². The van der Waals surface area contributed by atoms with Gasteiger partial charge in [0, 0.05) is 36.5 Å². The Bertz CT molecular complexity index is 485. The summed E-state index contributed by atoms with van der Waals surface area (Å²) >= 11 is 0. The number of aliphatic imine (C=N–C) groups is 1. The van der Waals surface area contributed by atoms with Crippen molar-refractivity contribution in [3.8, 4) is 0 Å². The second kappa shape index (κ2) is 9.49. The van der Waals surface area contributed by atoms with Gasteiger partial charge in [-0.25, -0.2) is 0 Å². The molecule has 0 aromatic heterocycles. The molecule has 0 radical (unpaired) electrons. The molecule has 1 nitrogen and oxygen atoms in total. The van der Waals surface area contributed by atoms with Crippen LogP contribution in [0.4, 0.5) is 5.69 Å². The van der Waals surface area contributed by atoms with E-state index in [0.29, 0.717) is 16.2 Å². The summed E-state index contributed by atoms with van der Waals surface area (Å²) in [5, 5.41) is 0.882. The molecule has 0 N–H and O–H groups in total. The molecule has 1 saturated carbocycles. The van der Waals surface area contributed by atoms with E-state index in [-0.39, 0.29) is 23.9 Å². The molecule has 140 valence electrons. The van der Waals surface area contributed by atoms with Gasteiger partial charge in [0.25, 0.3) is 0 Å². The van der Waals surface area contributed by atoms with E-state index in [1.807, 2.05) is 0 Å². The fourth-order valence-electron chi connectivity index (χ4n) is 4.46. The van der Waals surface area contributed by atoms with Crippen LogP contribution in [0.1, 0.15) is 60.8 Å². The van der Waals surface area contributed by atoms with E-state index in [4.69, 9.17) is 4.99 Å². The molecule has 1 aromatic rings. The van der Waals surface area contributed by atoms with E-state index in [9.17, 15) is 0 Å². The van der Waals surface area contributed by atoms with Crippen LogP contribution in [-0.2, 0) is 16.5 Å². The number of hydrogen-bond donors (Lipinski definition) is 0. The van der Waals surface area contributed by atoms with Crippen LogP contribution < -0.4 is 0 Å². The van der Waals surface area contributed by atoms with Crippen LogP contribution in [0.15, 0.2) is 35.3 Å². The molecule has 3 heteroatoms. The Labute approximate surface area is 161 Å². The molecule has 0 saturated heterocycles. The average Bonchev–Trinajstić information content (AvgIpc) is 2.82. The minimum absolute atomic E-state index is 0. The van der Waals surface area contributed by atoms with Crippen LogP contribution in [-0.4, -0.2) is 22.2 Å². The minimum Gasteiger partial charge on any atom is -0.358 e. The van der Waals surface area contributed by atoms with Crippen molar-refractivity contribution in [2.45, 2.75) is 76.8 Å². The molecule has 2 unspecified atom stereocenters. The van der Waals surface area contributed by atoms with Crippen LogP contribution in [0.5, 0.6) is 0 Å². The zero-order valence-corrected chi connectivity index (χ0v) is 18.5. The van der Waals surface area contributed by atoms with Crippen molar-refractivity contribution >= 4 is 19.8 Å². The fraction of sp³-hybridized carbons (Fsp3) is 0.619. The summed E-state index contributed by atoms with van der Waals surface area (Å²) in [7, 11) is -0.496. The van der Waals surface area contributed by atoms with Gasteiger partial charge in [0.05, 0.1) is 21.7 Å². The molecule has 0 amide bonds. The SMILES string of the molecule is CC(C)(C)[PH+](C1CCCC1C=Nc1ccccc1)C(C)(C)C.[CH3-].[Ni]. The topological polar surface area (TPSA) is 12.4 Å². The molecular formula is C21H36NNiP. The first-order valence-corrected chi connectivity index (χ1v) is 10.2. The number of benzene rings is 1. The van der Waals surface area contributed by atoms with Gasteiger partial charge in [0.15, 0.2) is 0 Å². The van der Waals surface area contributed by atoms with E-state index in [0.717, 1.165) is 11.3 Å². The fourth-order valence-corrected chi connectivity index (χ4v) is 10.1. The first-order valence-electron chi connectivity index (χ1n) is 8.66. The van der Waals surface area contributed by atoms with Crippen molar-refractivity contribution in [1.29, 1.82) is 0 Å². The Morgan fingerprint density at radius 1 is 0.958 bits per heavy atom. The summed E-state index contributed by atoms with van der Waals surface area (Å²) in [6, 6.07) is 10.4. The molecule has 1 aliphatic carbocycles.